The van der Waals surface area contributed by atoms with E-state index in [2.05, 4.69) is 15.4 Å². The summed E-state index contributed by atoms with van der Waals surface area (Å²) in [6, 6.07) is 1.49. The van der Waals surface area contributed by atoms with Gasteiger partial charge in [-0.05, 0) is 5.92 Å². The lowest BCUT2D eigenvalue weighted by molar-refractivity contribution is 0.251. The fraction of sp³-hybridized carbons (Fsp3) is 0.417. The Balaban J connectivity index is 2.71. The zero-order valence-electron chi connectivity index (χ0n) is 10.5. The third-order valence-corrected chi connectivity index (χ3v) is 2.13. The molecule has 0 heterocycles. The van der Waals surface area contributed by atoms with Crippen molar-refractivity contribution in [2.75, 3.05) is 19.0 Å². The van der Waals surface area contributed by atoms with Gasteiger partial charge in [-0.1, -0.05) is 13.8 Å². The molecule has 0 bridgehead atoms. The quantitative estimate of drug-likeness (QED) is 0.872. The van der Waals surface area contributed by atoms with Crippen LogP contribution in [0.5, 0.6) is 5.75 Å². The van der Waals surface area contributed by atoms with Crippen molar-refractivity contribution >= 4 is 11.7 Å². The number of benzene rings is 1. The molecule has 0 spiro atoms. The summed E-state index contributed by atoms with van der Waals surface area (Å²) in [6.07, 6.45) is 0. The zero-order chi connectivity index (χ0) is 13.7. The van der Waals surface area contributed by atoms with E-state index in [9.17, 15) is 13.6 Å². The van der Waals surface area contributed by atoms with Crippen LogP contribution in [0.4, 0.5) is 19.3 Å². The number of amides is 2. The smallest absolute Gasteiger partial charge is 0.319 e. The SMILES string of the molecule is COc1c(F)cc(NC(=O)NCC(C)C)cc1F. The van der Waals surface area contributed by atoms with Gasteiger partial charge in [0, 0.05) is 24.4 Å². The first-order valence-electron chi connectivity index (χ1n) is 5.52. The number of ether oxygens (including phenoxy) is 1. The van der Waals surface area contributed by atoms with Crippen LogP contribution in [-0.4, -0.2) is 19.7 Å². The molecule has 0 atom stereocenters. The Kier molecular flexibility index (Phi) is 4.88. The van der Waals surface area contributed by atoms with Crippen molar-refractivity contribution in [2.45, 2.75) is 13.8 Å². The Labute approximate surface area is 104 Å². The Hall–Kier alpha value is -1.85. The molecule has 2 N–H and O–H groups in total. The minimum atomic E-state index is -0.864. The van der Waals surface area contributed by atoms with Gasteiger partial charge in [-0.25, -0.2) is 13.6 Å². The van der Waals surface area contributed by atoms with Gasteiger partial charge in [0.15, 0.2) is 17.4 Å². The molecule has 100 valence electrons. The molecule has 1 aromatic carbocycles. The van der Waals surface area contributed by atoms with Crippen molar-refractivity contribution in [1.29, 1.82) is 0 Å². The molecule has 0 aliphatic heterocycles. The summed E-state index contributed by atoms with van der Waals surface area (Å²) in [6.45, 7) is 4.35. The molecule has 2 amide bonds. The second-order valence-corrected chi connectivity index (χ2v) is 4.20. The van der Waals surface area contributed by atoms with E-state index in [1.807, 2.05) is 13.8 Å². The Morgan fingerprint density at radius 3 is 2.33 bits per heavy atom. The van der Waals surface area contributed by atoms with Gasteiger partial charge in [-0.15, -0.1) is 0 Å². The zero-order valence-corrected chi connectivity index (χ0v) is 10.5. The third kappa shape index (κ3) is 3.87. The molecule has 0 aliphatic carbocycles. The van der Waals surface area contributed by atoms with E-state index in [0.29, 0.717) is 12.5 Å². The monoisotopic (exact) mass is 258 g/mol. The lowest BCUT2D eigenvalue weighted by atomic mass is 10.2. The van der Waals surface area contributed by atoms with Crippen molar-refractivity contribution in [3.63, 3.8) is 0 Å². The molecule has 0 aliphatic rings. The minimum Gasteiger partial charge on any atom is -0.491 e. The summed E-state index contributed by atoms with van der Waals surface area (Å²) in [7, 11) is 1.17. The van der Waals surface area contributed by atoms with Crippen LogP contribution < -0.4 is 15.4 Å². The van der Waals surface area contributed by atoms with Crippen LogP contribution >= 0.6 is 0 Å². The first-order chi connectivity index (χ1) is 8.43. The maximum absolute atomic E-state index is 13.3. The Morgan fingerprint density at radius 1 is 1.33 bits per heavy atom. The standard InChI is InChI=1S/C12H16F2N2O2/c1-7(2)6-15-12(17)16-8-4-9(13)11(18-3)10(14)5-8/h4-5,7H,6H2,1-3H3,(H2,15,16,17). The van der Waals surface area contributed by atoms with Crippen molar-refractivity contribution in [3.8, 4) is 5.75 Å². The number of anilines is 1. The van der Waals surface area contributed by atoms with E-state index in [0.717, 1.165) is 12.1 Å². The second kappa shape index (κ2) is 6.18. The van der Waals surface area contributed by atoms with E-state index >= 15 is 0 Å². The fourth-order valence-corrected chi connectivity index (χ4v) is 1.30. The van der Waals surface area contributed by atoms with E-state index in [1.165, 1.54) is 7.11 Å². The lowest BCUT2D eigenvalue weighted by Crippen LogP contribution is -2.31. The number of hydrogen-bond acceptors (Lipinski definition) is 2. The lowest BCUT2D eigenvalue weighted by Gasteiger charge is -2.10. The van der Waals surface area contributed by atoms with Crippen LogP contribution in [0.3, 0.4) is 0 Å². The highest BCUT2D eigenvalue weighted by atomic mass is 19.1. The van der Waals surface area contributed by atoms with Gasteiger partial charge >= 0.3 is 6.03 Å². The normalized spacial score (nSPS) is 10.3. The minimum absolute atomic E-state index is 0.0343. The van der Waals surface area contributed by atoms with Gasteiger partial charge in [0.2, 0.25) is 0 Å². The summed E-state index contributed by atoms with van der Waals surface area (Å²) < 4.78 is 31.2. The number of rotatable bonds is 4. The number of methoxy groups -OCH3 is 1. The van der Waals surface area contributed by atoms with E-state index in [4.69, 9.17) is 0 Å². The fourth-order valence-electron chi connectivity index (χ4n) is 1.30. The van der Waals surface area contributed by atoms with Crippen molar-refractivity contribution in [3.05, 3.63) is 23.8 Å². The molecule has 0 saturated carbocycles. The molecule has 18 heavy (non-hydrogen) atoms. The number of carbonyl (C=O) groups is 1. The molecule has 1 aromatic rings. The predicted molar refractivity (Wildman–Crippen MR) is 64.8 cm³/mol. The molecule has 6 heteroatoms. The topological polar surface area (TPSA) is 50.4 Å². The van der Waals surface area contributed by atoms with Crippen molar-refractivity contribution in [1.82, 2.24) is 5.32 Å². The number of carbonyl (C=O) groups excluding carboxylic acids is 1. The Bertz CT molecular complexity index is 413. The molecule has 0 fully saturated rings. The highest BCUT2D eigenvalue weighted by Crippen LogP contribution is 2.25. The van der Waals surface area contributed by atoms with Gasteiger partial charge in [0.1, 0.15) is 0 Å². The van der Waals surface area contributed by atoms with Crippen LogP contribution in [0, 0.1) is 17.6 Å². The molecule has 1 rings (SSSR count). The number of nitrogens with one attached hydrogen (secondary N) is 2. The Morgan fingerprint density at radius 2 is 1.89 bits per heavy atom. The van der Waals surface area contributed by atoms with E-state index in [1.54, 1.807) is 0 Å². The van der Waals surface area contributed by atoms with Gasteiger partial charge in [-0.2, -0.15) is 0 Å². The van der Waals surface area contributed by atoms with Crippen molar-refractivity contribution < 1.29 is 18.3 Å². The molecule has 0 radical (unpaired) electrons. The van der Waals surface area contributed by atoms with Crippen LogP contribution in [0.2, 0.25) is 0 Å². The summed E-state index contributed by atoms with van der Waals surface area (Å²) in [4.78, 5) is 11.4. The number of urea groups is 1. The van der Waals surface area contributed by atoms with Crippen LogP contribution in [0.1, 0.15) is 13.8 Å². The summed E-state index contributed by atoms with van der Waals surface area (Å²) >= 11 is 0. The summed E-state index contributed by atoms with van der Waals surface area (Å²) in [5.74, 6) is -1.91. The average molecular weight is 258 g/mol. The van der Waals surface area contributed by atoms with Gasteiger partial charge in [-0.3, -0.25) is 0 Å². The van der Waals surface area contributed by atoms with E-state index in [-0.39, 0.29) is 5.69 Å². The predicted octanol–water partition coefficient (Wildman–Crippen LogP) is 2.75. The molecule has 0 aromatic heterocycles. The maximum Gasteiger partial charge on any atom is 0.319 e. The van der Waals surface area contributed by atoms with Gasteiger partial charge in [0.25, 0.3) is 0 Å². The highest BCUT2D eigenvalue weighted by molar-refractivity contribution is 5.89. The summed E-state index contributed by atoms with van der Waals surface area (Å²) in [5.41, 5.74) is 0.0343. The highest BCUT2D eigenvalue weighted by Gasteiger charge is 2.12. The first-order valence-corrected chi connectivity index (χ1v) is 5.52. The first kappa shape index (κ1) is 14.2. The number of hydrogen-bond donors (Lipinski definition) is 2. The number of halogens is 2. The molecular formula is C12H16F2N2O2. The second-order valence-electron chi connectivity index (χ2n) is 4.20. The molecule has 0 unspecified atom stereocenters. The van der Waals surface area contributed by atoms with Crippen LogP contribution in [-0.2, 0) is 0 Å². The van der Waals surface area contributed by atoms with Crippen LogP contribution in [0.25, 0.3) is 0 Å². The van der Waals surface area contributed by atoms with Gasteiger partial charge < -0.3 is 15.4 Å². The molecule has 0 saturated heterocycles. The maximum atomic E-state index is 13.3. The van der Waals surface area contributed by atoms with Gasteiger partial charge in [0.05, 0.1) is 7.11 Å². The van der Waals surface area contributed by atoms with Crippen LogP contribution in [0.15, 0.2) is 12.1 Å². The third-order valence-electron chi connectivity index (χ3n) is 2.13. The average Bonchev–Trinajstić information content (AvgIpc) is 2.26. The molecular weight excluding hydrogens is 242 g/mol. The summed E-state index contributed by atoms with van der Waals surface area (Å²) in [5, 5.41) is 4.92. The largest absolute Gasteiger partial charge is 0.491 e. The molecule has 4 nitrogen and oxygen atoms in total. The van der Waals surface area contributed by atoms with E-state index < -0.39 is 23.4 Å². The van der Waals surface area contributed by atoms with Crippen molar-refractivity contribution in [2.24, 2.45) is 5.92 Å².